The van der Waals surface area contributed by atoms with Crippen molar-refractivity contribution in [2.24, 2.45) is 33.0 Å². The fraction of sp³-hybridized carbons (Fsp3) is 0.634. The first-order valence-corrected chi connectivity index (χ1v) is 18.1. The molecule has 0 aliphatic heterocycles. The highest BCUT2D eigenvalue weighted by molar-refractivity contribution is 6.08. The van der Waals surface area contributed by atoms with E-state index in [1.807, 2.05) is 34.6 Å². The molecule has 1 heterocycles. The Morgan fingerprint density at radius 3 is 2.29 bits per heavy atom. The largest absolute Gasteiger partial charge is 0.422 e. The number of carbonyl (C=O) groups is 3. The highest BCUT2D eigenvalue weighted by Crippen LogP contribution is 2.75. The van der Waals surface area contributed by atoms with Gasteiger partial charge in [-0.15, -0.1) is 0 Å². The Bertz CT molecular complexity index is 1730. The zero-order chi connectivity index (χ0) is 35.0. The van der Waals surface area contributed by atoms with E-state index in [4.69, 9.17) is 9.72 Å². The minimum atomic E-state index is -0.465. The number of aryl methyl sites for hydroxylation is 3. The zero-order valence-electron chi connectivity index (χ0n) is 30.9. The summed E-state index contributed by atoms with van der Waals surface area (Å²) in [5, 5.41) is 3.28. The van der Waals surface area contributed by atoms with Gasteiger partial charge in [0, 0.05) is 22.8 Å². The maximum absolute atomic E-state index is 14.1. The fourth-order valence-corrected chi connectivity index (χ4v) is 10.5. The Kier molecular flexibility index (Phi) is 8.36. The third-order valence-electron chi connectivity index (χ3n) is 14.1. The smallest absolute Gasteiger partial charge is 0.311 e. The molecule has 5 aliphatic rings. The van der Waals surface area contributed by atoms with E-state index in [-0.39, 0.29) is 45.1 Å². The molecule has 0 unspecified atom stereocenters. The molecule has 1 N–H and O–H groups in total. The van der Waals surface area contributed by atoms with Gasteiger partial charge in [0.15, 0.2) is 5.76 Å². The van der Waals surface area contributed by atoms with E-state index in [1.165, 1.54) is 5.57 Å². The van der Waals surface area contributed by atoms with Crippen LogP contribution in [0.4, 0.5) is 0 Å². The molecule has 48 heavy (non-hydrogen) atoms. The molecule has 3 saturated carbocycles. The molecule has 0 radical (unpaired) electrons. The van der Waals surface area contributed by atoms with Crippen LogP contribution >= 0.6 is 0 Å². The highest BCUT2D eigenvalue weighted by atomic mass is 16.5. The van der Waals surface area contributed by atoms with Crippen molar-refractivity contribution in [1.29, 1.82) is 0 Å². The number of carbonyl (C=O) groups excluding carboxylic acids is 3. The number of allylic oxidation sites excluding steroid dienone is 7. The van der Waals surface area contributed by atoms with Crippen molar-refractivity contribution in [3.63, 3.8) is 0 Å². The van der Waals surface area contributed by atoms with E-state index in [0.717, 1.165) is 84.4 Å². The van der Waals surface area contributed by atoms with Crippen LogP contribution in [0.5, 0.6) is 0 Å². The maximum Gasteiger partial charge on any atom is 0.311 e. The Hall–Kier alpha value is -3.35. The van der Waals surface area contributed by atoms with Gasteiger partial charge in [0.05, 0.1) is 29.3 Å². The number of rotatable bonds is 6. The summed E-state index contributed by atoms with van der Waals surface area (Å²) in [6, 6.07) is 0. The molecule has 1 amide bonds. The average molecular weight is 654 g/mol. The molecule has 0 spiro atoms. The first-order chi connectivity index (χ1) is 22.4. The second-order valence-corrected chi connectivity index (χ2v) is 16.9. The number of esters is 1. The molecular formula is C41H55N3O4. The Labute approximate surface area is 287 Å². The topological polar surface area (TPSA) is 98.2 Å². The molecule has 7 nitrogen and oxygen atoms in total. The summed E-state index contributed by atoms with van der Waals surface area (Å²) in [7, 11) is 0. The van der Waals surface area contributed by atoms with Crippen LogP contribution in [0.25, 0.3) is 0 Å². The van der Waals surface area contributed by atoms with Crippen LogP contribution < -0.4 is 5.32 Å². The van der Waals surface area contributed by atoms with Crippen molar-refractivity contribution in [3.8, 4) is 0 Å². The predicted octanol–water partition coefficient (Wildman–Crippen LogP) is 8.43. The number of nitrogens with zero attached hydrogens (tertiary/aromatic N) is 2. The number of nitrogens with one attached hydrogen (secondary N) is 1. The second kappa shape index (κ2) is 11.6. The molecule has 5 aliphatic carbocycles. The van der Waals surface area contributed by atoms with Gasteiger partial charge in [0.25, 0.3) is 0 Å². The van der Waals surface area contributed by atoms with Crippen molar-refractivity contribution < 1.29 is 19.1 Å². The predicted molar refractivity (Wildman–Crippen MR) is 187 cm³/mol. The van der Waals surface area contributed by atoms with E-state index >= 15 is 0 Å². The average Bonchev–Trinajstić information content (AvgIpc) is 3.03. The summed E-state index contributed by atoms with van der Waals surface area (Å²) in [5.41, 5.74) is 7.08. The number of hydrogen-bond acceptors (Lipinski definition) is 6. The van der Waals surface area contributed by atoms with Gasteiger partial charge in [-0.05, 0) is 118 Å². The number of ether oxygens (including phenoxy) is 1. The van der Waals surface area contributed by atoms with Crippen molar-refractivity contribution in [2.75, 3.05) is 0 Å². The molecule has 6 atom stereocenters. The van der Waals surface area contributed by atoms with E-state index < -0.39 is 5.41 Å². The molecule has 1 aromatic rings. The lowest BCUT2D eigenvalue weighted by Crippen LogP contribution is -2.62. The van der Waals surface area contributed by atoms with Crippen LogP contribution in [-0.4, -0.2) is 27.6 Å². The standard InChI is InChI=1S/C41H55N3O4/c1-11-12-34(46)48-35-24(2)28-13-14-32-39(8,29(28)21-31(35)45)18-20-41(10)33-22-38(7,16-15-37(33,6)17-19-40(32,41)9)36(47)42-23-30-27(5)43-25(3)26(4)44-30/h13-14,21,33H,11-12,15-20,22-23H2,1-10H3,(H,42,47)/t33-,37-,38-,39+,40-,41+/m1/s1. The number of ketones is 1. The van der Waals surface area contributed by atoms with Crippen LogP contribution in [0.2, 0.25) is 0 Å². The van der Waals surface area contributed by atoms with Crippen molar-refractivity contribution in [3.05, 3.63) is 69.1 Å². The Balaban J connectivity index is 1.30. The lowest BCUT2D eigenvalue weighted by atomic mass is 9.34. The number of hydrogen-bond donors (Lipinski definition) is 1. The third-order valence-corrected chi connectivity index (χ3v) is 14.1. The van der Waals surface area contributed by atoms with Crippen molar-refractivity contribution in [1.82, 2.24) is 15.3 Å². The van der Waals surface area contributed by atoms with Gasteiger partial charge in [-0.25, -0.2) is 0 Å². The van der Waals surface area contributed by atoms with E-state index in [0.29, 0.717) is 25.3 Å². The minimum Gasteiger partial charge on any atom is -0.422 e. The Morgan fingerprint density at radius 2 is 1.58 bits per heavy atom. The highest BCUT2D eigenvalue weighted by Gasteiger charge is 2.67. The summed E-state index contributed by atoms with van der Waals surface area (Å²) < 4.78 is 5.61. The number of aromatic nitrogens is 2. The van der Waals surface area contributed by atoms with E-state index in [2.05, 4.69) is 57.1 Å². The summed E-state index contributed by atoms with van der Waals surface area (Å²) in [5.74, 6) is 0.0965. The van der Waals surface area contributed by atoms with Crippen molar-refractivity contribution >= 4 is 17.7 Å². The molecule has 258 valence electrons. The van der Waals surface area contributed by atoms with Crippen LogP contribution in [0.15, 0.2) is 46.3 Å². The molecule has 0 saturated heterocycles. The zero-order valence-corrected chi connectivity index (χ0v) is 30.9. The Morgan fingerprint density at radius 1 is 0.896 bits per heavy atom. The molecular weight excluding hydrogens is 598 g/mol. The quantitative estimate of drug-likeness (QED) is 0.310. The van der Waals surface area contributed by atoms with Crippen LogP contribution in [-0.2, 0) is 25.7 Å². The maximum atomic E-state index is 14.1. The first kappa shape index (κ1) is 34.5. The monoisotopic (exact) mass is 653 g/mol. The van der Waals surface area contributed by atoms with Gasteiger partial charge < -0.3 is 10.1 Å². The van der Waals surface area contributed by atoms with Gasteiger partial charge in [-0.1, -0.05) is 59.3 Å². The van der Waals surface area contributed by atoms with Gasteiger partial charge >= 0.3 is 5.97 Å². The van der Waals surface area contributed by atoms with E-state index in [9.17, 15) is 14.4 Å². The summed E-state index contributed by atoms with van der Waals surface area (Å²) in [6.07, 6.45) is 14.2. The number of fused-ring (bicyclic) bond motifs is 7. The minimum absolute atomic E-state index is 0.0141. The number of amides is 1. The molecule has 0 bridgehead atoms. The molecule has 6 rings (SSSR count). The fourth-order valence-electron chi connectivity index (χ4n) is 10.5. The van der Waals surface area contributed by atoms with Crippen LogP contribution in [0.1, 0.15) is 129 Å². The molecule has 0 aromatic carbocycles. The second-order valence-electron chi connectivity index (χ2n) is 16.9. The summed E-state index contributed by atoms with van der Waals surface area (Å²) in [4.78, 5) is 49.3. The third kappa shape index (κ3) is 5.08. The molecule has 3 fully saturated rings. The SMILES string of the molecule is CCCC(=O)OC1=C(C)C2=CC=C3[C@@](C)(CC[C@@]4(C)[C@@H]5C[C@](C)(C(=O)NCc6nc(C)c(C)nc6C)CC[C@]5(C)CC[C@]34C)C2=CC1=O. The molecule has 7 heteroatoms. The summed E-state index contributed by atoms with van der Waals surface area (Å²) in [6.45, 7) is 22.1. The van der Waals surface area contributed by atoms with Crippen molar-refractivity contribution in [2.45, 2.75) is 134 Å². The first-order valence-electron chi connectivity index (χ1n) is 18.1. The lowest BCUT2D eigenvalue weighted by molar-refractivity contribution is -0.169. The lowest BCUT2D eigenvalue weighted by Gasteiger charge is -2.70. The van der Waals surface area contributed by atoms with Gasteiger partial charge in [-0.2, -0.15) is 0 Å². The van der Waals surface area contributed by atoms with Gasteiger partial charge in [0.2, 0.25) is 11.7 Å². The van der Waals surface area contributed by atoms with E-state index in [1.54, 1.807) is 6.08 Å². The van der Waals surface area contributed by atoms with Crippen LogP contribution in [0.3, 0.4) is 0 Å². The van der Waals surface area contributed by atoms with Gasteiger partial charge in [0.1, 0.15) is 0 Å². The van der Waals surface area contributed by atoms with Gasteiger partial charge in [-0.3, -0.25) is 24.4 Å². The summed E-state index contributed by atoms with van der Waals surface area (Å²) >= 11 is 0. The van der Waals surface area contributed by atoms with Crippen LogP contribution in [0, 0.1) is 53.8 Å². The normalized spacial score (nSPS) is 35.7. The molecule has 1 aromatic heterocycles.